The van der Waals surface area contributed by atoms with Crippen molar-refractivity contribution in [3.8, 4) is 0 Å². The van der Waals surface area contributed by atoms with Crippen LogP contribution in [0, 0.1) is 46.3 Å². The molecule has 4 aliphatic rings. The molecule has 0 bridgehead atoms. The van der Waals surface area contributed by atoms with E-state index in [1.165, 1.54) is 38.5 Å². The van der Waals surface area contributed by atoms with Crippen LogP contribution in [0.3, 0.4) is 0 Å². The quantitative estimate of drug-likeness (QED) is 0.706. The predicted molar refractivity (Wildman–Crippen MR) is 101 cm³/mol. The Balaban J connectivity index is 1.63. The third-order valence-corrected chi connectivity index (χ3v) is 9.73. The van der Waals surface area contributed by atoms with Crippen molar-refractivity contribution < 1.29 is 9.90 Å². The number of carbonyl (C=O) groups excluding carboxylic acids is 1. The third-order valence-electron chi connectivity index (χ3n) is 9.73. The standard InChI is InChI=1S/C23H38O2/c1-14-12-19-17-7-6-16-13-21(3,25)10-11-22(16,4)18(17)8-9-23(19,5)20(14)15(2)24/h14,16-20,25H,6-13H2,1-5H3/t14-,16+,17-,18+,19+,20-,21-,22+,23+/m1/s1. The van der Waals surface area contributed by atoms with Crippen molar-refractivity contribution in [2.75, 3.05) is 0 Å². The Morgan fingerprint density at radius 2 is 1.68 bits per heavy atom. The van der Waals surface area contributed by atoms with Crippen LogP contribution in [0.1, 0.15) is 86.0 Å². The van der Waals surface area contributed by atoms with Crippen LogP contribution in [-0.2, 0) is 4.79 Å². The highest BCUT2D eigenvalue weighted by Crippen LogP contribution is 2.68. The van der Waals surface area contributed by atoms with E-state index in [9.17, 15) is 9.90 Å². The number of hydrogen-bond donors (Lipinski definition) is 1. The first-order valence-corrected chi connectivity index (χ1v) is 10.8. The van der Waals surface area contributed by atoms with Crippen LogP contribution in [0.4, 0.5) is 0 Å². The zero-order valence-electron chi connectivity index (χ0n) is 17.0. The van der Waals surface area contributed by atoms with Crippen LogP contribution in [0.25, 0.3) is 0 Å². The van der Waals surface area contributed by atoms with Crippen LogP contribution in [-0.4, -0.2) is 16.5 Å². The second kappa shape index (κ2) is 5.57. The number of ketones is 1. The zero-order chi connectivity index (χ0) is 18.2. The van der Waals surface area contributed by atoms with Crippen LogP contribution < -0.4 is 0 Å². The summed E-state index contributed by atoms with van der Waals surface area (Å²) in [6.07, 6.45) is 9.60. The first kappa shape index (κ1) is 18.0. The van der Waals surface area contributed by atoms with E-state index in [-0.39, 0.29) is 11.3 Å². The number of aliphatic hydroxyl groups is 1. The number of carbonyl (C=O) groups is 1. The molecule has 2 heteroatoms. The van der Waals surface area contributed by atoms with E-state index in [1.54, 1.807) is 0 Å². The molecule has 4 fully saturated rings. The lowest BCUT2D eigenvalue weighted by molar-refractivity contribution is -0.150. The smallest absolute Gasteiger partial charge is 0.133 e. The number of Topliss-reactive ketones (excluding diaryl/α,β-unsaturated/α-hetero) is 1. The van der Waals surface area contributed by atoms with E-state index < -0.39 is 5.60 Å². The summed E-state index contributed by atoms with van der Waals surface area (Å²) in [5.74, 6) is 4.36. The minimum absolute atomic E-state index is 0.246. The molecule has 0 unspecified atom stereocenters. The van der Waals surface area contributed by atoms with Gasteiger partial charge in [-0.15, -0.1) is 0 Å². The number of rotatable bonds is 1. The van der Waals surface area contributed by atoms with Gasteiger partial charge in [0.1, 0.15) is 5.78 Å². The van der Waals surface area contributed by atoms with Crippen molar-refractivity contribution in [1.29, 1.82) is 0 Å². The summed E-state index contributed by atoms with van der Waals surface area (Å²) in [6.45, 7) is 11.2. The Labute approximate surface area is 154 Å². The SMILES string of the molecule is CC(=O)[C@H]1[C@H](C)C[C@H]2[C@@H]3CC[C@H]4C[C@](C)(O)CC[C@]4(C)[C@H]3CC[C@@]21C. The van der Waals surface area contributed by atoms with Gasteiger partial charge in [-0.3, -0.25) is 4.79 Å². The molecule has 0 heterocycles. The molecule has 0 aromatic carbocycles. The number of hydrogen-bond acceptors (Lipinski definition) is 2. The molecule has 4 aliphatic carbocycles. The molecule has 4 saturated carbocycles. The van der Waals surface area contributed by atoms with Crippen LogP contribution >= 0.6 is 0 Å². The fourth-order valence-corrected chi connectivity index (χ4v) is 8.66. The molecule has 0 aromatic rings. The minimum atomic E-state index is -0.443. The van der Waals surface area contributed by atoms with Gasteiger partial charge in [-0.1, -0.05) is 20.8 Å². The summed E-state index contributed by atoms with van der Waals surface area (Å²) in [5, 5.41) is 10.6. The molecule has 4 rings (SSSR count). The van der Waals surface area contributed by atoms with Crippen LogP contribution in [0.2, 0.25) is 0 Å². The molecule has 142 valence electrons. The summed E-state index contributed by atoms with van der Waals surface area (Å²) in [5.41, 5.74) is 0.224. The van der Waals surface area contributed by atoms with Gasteiger partial charge in [-0.2, -0.15) is 0 Å². The molecule has 2 nitrogen and oxygen atoms in total. The van der Waals surface area contributed by atoms with Crippen molar-refractivity contribution >= 4 is 5.78 Å². The van der Waals surface area contributed by atoms with E-state index in [4.69, 9.17) is 0 Å². The molecule has 0 aromatic heterocycles. The van der Waals surface area contributed by atoms with Gasteiger partial charge < -0.3 is 5.11 Å². The summed E-state index contributed by atoms with van der Waals surface area (Å²) in [6, 6.07) is 0. The summed E-state index contributed by atoms with van der Waals surface area (Å²) >= 11 is 0. The Bertz CT molecular complexity index is 566. The van der Waals surface area contributed by atoms with E-state index >= 15 is 0 Å². The second-order valence-corrected chi connectivity index (χ2v) is 11.2. The van der Waals surface area contributed by atoms with Crippen molar-refractivity contribution in [1.82, 2.24) is 0 Å². The van der Waals surface area contributed by atoms with Gasteiger partial charge in [-0.05, 0) is 106 Å². The summed E-state index contributed by atoms with van der Waals surface area (Å²) in [4.78, 5) is 12.4. The molecular formula is C23H38O2. The Morgan fingerprint density at radius 3 is 2.36 bits per heavy atom. The molecule has 0 radical (unpaired) electrons. The lowest BCUT2D eigenvalue weighted by Crippen LogP contribution is -2.55. The van der Waals surface area contributed by atoms with Gasteiger partial charge in [0.25, 0.3) is 0 Å². The first-order chi connectivity index (χ1) is 11.6. The number of fused-ring (bicyclic) bond motifs is 5. The maximum atomic E-state index is 12.4. The highest BCUT2D eigenvalue weighted by atomic mass is 16.3. The molecule has 0 spiro atoms. The third kappa shape index (κ3) is 2.49. The first-order valence-electron chi connectivity index (χ1n) is 10.8. The Hall–Kier alpha value is -0.370. The van der Waals surface area contributed by atoms with Crippen LogP contribution in [0.5, 0.6) is 0 Å². The zero-order valence-corrected chi connectivity index (χ0v) is 17.0. The van der Waals surface area contributed by atoms with Gasteiger partial charge in [0, 0.05) is 5.92 Å². The predicted octanol–water partition coefficient (Wildman–Crippen LogP) is 5.23. The lowest BCUT2D eigenvalue weighted by atomic mass is 9.44. The fraction of sp³-hybridized carbons (Fsp3) is 0.957. The van der Waals surface area contributed by atoms with Gasteiger partial charge in [0.15, 0.2) is 0 Å². The van der Waals surface area contributed by atoms with E-state index in [2.05, 4.69) is 20.8 Å². The summed E-state index contributed by atoms with van der Waals surface area (Å²) in [7, 11) is 0. The average Bonchev–Trinajstić information content (AvgIpc) is 2.78. The summed E-state index contributed by atoms with van der Waals surface area (Å²) < 4.78 is 0. The molecule has 0 aliphatic heterocycles. The maximum Gasteiger partial charge on any atom is 0.133 e. The van der Waals surface area contributed by atoms with E-state index in [1.807, 2.05) is 13.8 Å². The molecule has 0 saturated heterocycles. The average molecular weight is 347 g/mol. The van der Waals surface area contributed by atoms with Crippen molar-refractivity contribution in [2.45, 2.75) is 91.6 Å². The van der Waals surface area contributed by atoms with E-state index in [0.29, 0.717) is 23.0 Å². The van der Waals surface area contributed by atoms with Crippen molar-refractivity contribution in [3.05, 3.63) is 0 Å². The molecule has 0 amide bonds. The second-order valence-electron chi connectivity index (χ2n) is 11.2. The maximum absolute atomic E-state index is 12.4. The Kier molecular flexibility index (Phi) is 4.01. The highest BCUT2D eigenvalue weighted by Gasteiger charge is 2.62. The van der Waals surface area contributed by atoms with Crippen molar-refractivity contribution in [2.24, 2.45) is 46.3 Å². The monoisotopic (exact) mass is 346 g/mol. The molecule has 1 N–H and O–H groups in total. The molecule has 25 heavy (non-hydrogen) atoms. The van der Waals surface area contributed by atoms with E-state index in [0.717, 1.165) is 30.6 Å². The Morgan fingerprint density at radius 1 is 0.960 bits per heavy atom. The normalized spacial score (nSPS) is 58.2. The fourth-order valence-electron chi connectivity index (χ4n) is 8.66. The topological polar surface area (TPSA) is 37.3 Å². The van der Waals surface area contributed by atoms with Gasteiger partial charge >= 0.3 is 0 Å². The highest BCUT2D eigenvalue weighted by molar-refractivity contribution is 5.80. The van der Waals surface area contributed by atoms with Crippen LogP contribution in [0.15, 0.2) is 0 Å². The lowest BCUT2D eigenvalue weighted by Gasteiger charge is -2.61. The van der Waals surface area contributed by atoms with Gasteiger partial charge in [0.2, 0.25) is 0 Å². The largest absolute Gasteiger partial charge is 0.390 e. The minimum Gasteiger partial charge on any atom is -0.390 e. The van der Waals surface area contributed by atoms with Crippen molar-refractivity contribution in [3.63, 3.8) is 0 Å². The molecule has 9 atom stereocenters. The van der Waals surface area contributed by atoms with Gasteiger partial charge in [-0.25, -0.2) is 0 Å². The molecular weight excluding hydrogens is 308 g/mol. The van der Waals surface area contributed by atoms with Gasteiger partial charge in [0.05, 0.1) is 5.60 Å².